The van der Waals surface area contributed by atoms with E-state index in [2.05, 4.69) is 31.2 Å². The van der Waals surface area contributed by atoms with Crippen molar-refractivity contribution in [3.63, 3.8) is 0 Å². The first kappa shape index (κ1) is 16.5. The Bertz CT molecular complexity index is 421. The molecule has 5 heteroatoms. The van der Waals surface area contributed by atoms with Crippen LogP contribution >= 0.6 is 0 Å². The van der Waals surface area contributed by atoms with E-state index in [1.54, 1.807) is 18.2 Å². The highest BCUT2D eigenvalue weighted by atomic mass is 16.5. The van der Waals surface area contributed by atoms with Crippen molar-refractivity contribution in [2.45, 2.75) is 20.3 Å². The van der Waals surface area contributed by atoms with E-state index in [1.807, 2.05) is 6.07 Å². The number of hydrogen-bond acceptors (Lipinski definition) is 4. The zero-order valence-electron chi connectivity index (χ0n) is 12.6. The van der Waals surface area contributed by atoms with Crippen molar-refractivity contribution in [3.8, 4) is 5.75 Å². The fourth-order valence-corrected chi connectivity index (χ4v) is 1.76. The Morgan fingerprint density at radius 2 is 2.05 bits per heavy atom. The van der Waals surface area contributed by atoms with Crippen molar-refractivity contribution in [1.29, 1.82) is 0 Å². The van der Waals surface area contributed by atoms with Crippen molar-refractivity contribution < 1.29 is 9.53 Å². The summed E-state index contributed by atoms with van der Waals surface area (Å²) in [6.45, 7) is 6.85. The molecule has 1 aromatic carbocycles. The topological polar surface area (TPSA) is 67.6 Å². The minimum Gasteiger partial charge on any atom is -0.491 e. The number of likely N-dealkylation sites (N-methyl/N-ethyl adjacent to an activating group) is 1. The highest BCUT2D eigenvalue weighted by Crippen LogP contribution is 2.17. The molecular formula is C15H25N3O2. The number of amides is 1. The molecule has 1 aromatic rings. The highest BCUT2D eigenvalue weighted by molar-refractivity contribution is 5.96. The average Bonchev–Trinajstić information content (AvgIpc) is 2.45. The summed E-state index contributed by atoms with van der Waals surface area (Å²) in [5.41, 5.74) is 2.58. The second-order valence-electron chi connectivity index (χ2n) is 5.30. The van der Waals surface area contributed by atoms with Crippen LogP contribution in [0.25, 0.3) is 0 Å². The molecule has 0 radical (unpaired) electrons. The van der Waals surface area contributed by atoms with Crippen LogP contribution in [0.4, 0.5) is 0 Å². The number of carbonyl (C=O) groups is 1. The van der Waals surface area contributed by atoms with Gasteiger partial charge in [-0.25, -0.2) is 5.84 Å². The second-order valence-corrected chi connectivity index (χ2v) is 5.30. The van der Waals surface area contributed by atoms with Gasteiger partial charge in [0.05, 0.1) is 5.56 Å². The number of hydrazine groups is 1. The van der Waals surface area contributed by atoms with Crippen molar-refractivity contribution in [2.24, 2.45) is 11.8 Å². The number of nitrogens with one attached hydrogen (secondary N) is 1. The first-order valence-electron chi connectivity index (χ1n) is 6.96. The number of benzene rings is 1. The van der Waals surface area contributed by atoms with Crippen LogP contribution in [0.1, 0.15) is 30.6 Å². The molecular weight excluding hydrogens is 254 g/mol. The van der Waals surface area contributed by atoms with Gasteiger partial charge in [-0.1, -0.05) is 26.0 Å². The summed E-state index contributed by atoms with van der Waals surface area (Å²) in [6, 6.07) is 7.09. The van der Waals surface area contributed by atoms with Crippen LogP contribution in [0, 0.1) is 5.92 Å². The van der Waals surface area contributed by atoms with Gasteiger partial charge in [-0.15, -0.1) is 0 Å². The van der Waals surface area contributed by atoms with Crippen molar-refractivity contribution in [3.05, 3.63) is 29.8 Å². The molecule has 112 valence electrons. The van der Waals surface area contributed by atoms with Crippen molar-refractivity contribution in [1.82, 2.24) is 10.3 Å². The molecule has 0 aliphatic carbocycles. The molecule has 0 bridgehead atoms. The molecule has 0 unspecified atom stereocenters. The first-order chi connectivity index (χ1) is 9.54. The number of rotatable bonds is 8. The average molecular weight is 279 g/mol. The lowest BCUT2D eigenvalue weighted by molar-refractivity contribution is 0.0949. The van der Waals surface area contributed by atoms with Gasteiger partial charge >= 0.3 is 0 Å². The molecule has 1 rings (SSSR count). The third-order valence-electron chi connectivity index (χ3n) is 3.08. The van der Waals surface area contributed by atoms with Crippen LogP contribution in [-0.2, 0) is 0 Å². The Morgan fingerprint density at radius 1 is 1.35 bits per heavy atom. The first-order valence-corrected chi connectivity index (χ1v) is 6.96. The lowest BCUT2D eigenvalue weighted by atomic mass is 10.1. The van der Waals surface area contributed by atoms with Gasteiger partial charge in [0.15, 0.2) is 0 Å². The van der Waals surface area contributed by atoms with E-state index >= 15 is 0 Å². The van der Waals surface area contributed by atoms with Gasteiger partial charge < -0.3 is 9.64 Å². The van der Waals surface area contributed by atoms with E-state index < -0.39 is 0 Å². The van der Waals surface area contributed by atoms with Crippen LogP contribution in [0.5, 0.6) is 5.75 Å². The van der Waals surface area contributed by atoms with Gasteiger partial charge in [0.25, 0.3) is 5.91 Å². The number of nitrogens with two attached hydrogens (primary N) is 1. The summed E-state index contributed by atoms with van der Waals surface area (Å²) < 4.78 is 5.68. The number of nitrogens with zero attached hydrogens (tertiary/aromatic N) is 1. The van der Waals surface area contributed by atoms with E-state index in [9.17, 15) is 4.79 Å². The molecule has 0 saturated heterocycles. The molecule has 0 aliphatic rings. The van der Waals surface area contributed by atoms with Gasteiger partial charge in [0.1, 0.15) is 12.4 Å². The van der Waals surface area contributed by atoms with Gasteiger partial charge in [0, 0.05) is 6.54 Å². The Hall–Kier alpha value is -1.59. The van der Waals surface area contributed by atoms with Gasteiger partial charge in [0.2, 0.25) is 0 Å². The second kappa shape index (κ2) is 8.55. The van der Waals surface area contributed by atoms with Crippen molar-refractivity contribution >= 4 is 5.91 Å². The van der Waals surface area contributed by atoms with Crippen LogP contribution in [0.3, 0.4) is 0 Å². The molecule has 0 fully saturated rings. The SMILES string of the molecule is CC(C)CCN(C)CCOc1ccccc1C(=O)NN. The van der Waals surface area contributed by atoms with Crippen LogP contribution < -0.4 is 16.0 Å². The number of nitrogen functional groups attached to an aromatic ring is 1. The largest absolute Gasteiger partial charge is 0.491 e. The van der Waals surface area contributed by atoms with E-state index in [1.165, 1.54) is 6.42 Å². The fraction of sp³-hybridized carbons (Fsp3) is 0.533. The van der Waals surface area contributed by atoms with E-state index in [4.69, 9.17) is 10.6 Å². The highest BCUT2D eigenvalue weighted by Gasteiger charge is 2.10. The third kappa shape index (κ3) is 5.59. The van der Waals surface area contributed by atoms with Crippen molar-refractivity contribution in [2.75, 3.05) is 26.7 Å². The number of hydrogen-bond donors (Lipinski definition) is 2. The number of carbonyl (C=O) groups excluding carboxylic acids is 1. The summed E-state index contributed by atoms with van der Waals surface area (Å²) in [6.07, 6.45) is 1.17. The maximum atomic E-state index is 11.6. The number of ether oxygens (including phenoxy) is 1. The lowest BCUT2D eigenvalue weighted by Gasteiger charge is -2.18. The Labute approximate surface area is 121 Å². The Morgan fingerprint density at radius 3 is 2.70 bits per heavy atom. The molecule has 5 nitrogen and oxygen atoms in total. The van der Waals surface area contributed by atoms with Crippen LogP contribution in [0.2, 0.25) is 0 Å². The summed E-state index contributed by atoms with van der Waals surface area (Å²) >= 11 is 0. The summed E-state index contributed by atoms with van der Waals surface area (Å²) in [5.74, 6) is 6.08. The summed E-state index contributed by atoms with van der Waals surface area (Å²) in [5, 5.41) is 0. The number of para-hydroxylation sites is 1. The van der Waals surface area contributed by atoms with Gasteiger partial charge in [-0.2, -0.15) is 0 Å². The lowest BCUT2D eigenvalue weighted by Crippen LogP contribution is -2.31. The smallest absolute Gasteiger partial charge is 0.268 e. The van der Waals surface area contributed by atoms with E-state index in [-0.39, 0.29) is 5.91 Å². The quantitative estimate of drug-likeness (QED) is 0.431. The maximum absolute atomic E-state index is 11.6. The predicted molar refractivity (Wildman–Crippen MR) is 80.5 cm³/mol. The molecule has 0 aliphatic heterocycles. The molecule has 0 heterocycles. The van der Waals surface area contributed by atoms with Crippen LogP contribution in [-0.4, -0.2) is 37.6 Å². The fourth-order valence-electron chi connectivity index (χ4n) is 1.76. The molecule has 0 saturated carbocycles. The third-order valence-corrected chi connectivity index (χ3v) is 3.08. The molecule has 20 heavy (non-hydrogen) atoms. The Balaban J connectivity index is 2.44. The minimum absolute atomic E-state index is 0.339. The van der Waals surface area contributed by atoms with E-state index in [0.717, 1.165) is 13.1 Å². The van der Waals surface area contributed by atoms with Crippen LogP contribution in [0.15, 0.2) is 24.3 Å². The normalized spacial score (nSPS) is 10.9. The molecule has 3 N–H and O–H groups in total. The monoisotopic (exact) mass is 279 g/mol. The van der Waals surface area contributed by atoms with E-state index in [0.29, 0.717) is 23.8 Å². The summed E-state index contributed by atoms with van der Waals surface area (Å²) in [4.78, 5) is 13.8. The standard InChI is InChI=1S/C15H25N3O2/c1-12(2)8-9-18(3)10-11-20-14-7-5-4-6-13(14)15(19)17-16/h4-7,12H,8-11,16H2,1-3H3,(H,17,19). The zero-order valence-corrected chi connectivity index (χ0v) is 12.6. The molecule has 1 amide bonds. The zero-order chi connectivity index (χ0) is 15.0. The molecule has 0 aromatic heterocycles. The van der Waals surface area contributed by atoms with Gasteiger partial charge in [-0.05, 0) is 38.1 Å². The van der Waals surface area contributed by atoms with Gasteiger partial charge in [-0.3, -0.25) is 10.2 Å². The predicted octanol–water partition coefficient (Wildman–Crippen LogP) is 1.65. The summed E-state index contributed by atoms with van der Waals surface area (Å²) in [7, 11) is 2.07. The minimum atomic E-state index is -0.339. The molecule has 0 spiro atoms. The maximum Gasteiger partial charge on any atom is 0.268 e. The Kier molecular flexibility index (Phi) is 7.04. The molecule has 0 atom stereocenters.